The van der Waals surface area contributed by atoms with E-state index in [0.29, 0.717) is 11.6 Å². The Balaban J connectivity index is 1.49. The monoisotopic (exact) mass is 388 g/mol. The van der Waals surface area contributed by atoms with E-state index >= 15 is 0 Å². The van der Waals surface area contributed by atoms with Crippen LogP contribution in [0.1, 0.15) is 6.42 Å². The number of aromatic nitrogens is 4. The fourth-order valence-electron chi connectivity index (χ4n) is 4.09. The maximum Gasteiger partial charge on any atom is 0.129 e. The number of phenolic OH excluding ortho intramolecular Hbond substituents is 1. The van der Waals surface area contributed by atoms with Crippen molar-refractivity contribution in [3.05, 3.63) is 42.6 Å². The van der Waals surface area contributed by atoms with Crippen molar-refractivity contribution < 1.29 is 5.11 Å². The smallest absolute Gasteiger partial charge is 0.129 e. The number of phenols is 1. The van der Waals surface area contributed by atoms with E-state index in [1.54, 1.807) is 10.7 Å². The zero-order valence-electron chi connectivity index (χ0n) is 16.9. The second kappa shape index (κ2) is 6.70. The summed E-state index contributed by atoms with van der Waals surface area (Å²) < 4.78 is 1.74. The molecular weight excluding hydrogens is 364 g/mol. The molecule has 7 nitrogen and oxygen atoms in total. The Bertz CT molecular complexity index is 1210. The summed E-state index contributed by atoms with van der Waals surface area (Å²) in [7, 11) is 6.13. The van der Waals surface area contributed by atoms with Crippen LogP contribution in [0.4, 0.5) is 5.82 Å². The Kier molecular flexibility index (Phi) is 4.13. The number of pyridine rings is 2. The van der Waals surface area contributed by atoms with Crippen molar-refractivity contribution >= 4 is 27.8 Å². The van der Waals surface area contributed by atoms with Crippen molar-refractivity contribution in [3.63, 3.8) is 0 Å². The molecule has 0 aliphatic carbocycles. The van der Waals surface area contributed by atoms with Gasteiger partial charge in [0.05, 0.1) is 22.2 Å². The molecule has 0 radical (unpaired) electrons. The molecule has 0 amide bonds. The minimum Gasteiger partial charge on any atom is -0.507 e. The normalized spacial score (nSPS) is 17.1. The van der Waals surface area contributed by atoms with E-state index in [4.69, 9.17) is 9.97 Å². The molecule has 4 heterocycles. The number of nitrogens with zero attached hydrogens (tertiary/aromatic N) is 6. The van der Waals surface area contributed by atoms with Gasteiger partial charge in [0.1, 0.15) is 11.6 Å². The number of rotatable bonds is 3. The van der Waals surface area contributed by atoms with Crippen molar-refractivity contribution in [1.82, 2.24) is 24.6 Å². The van der Waals surface area contributed by atoms with Gasteiger partial charge >= 0.3 is 0 Å². The zero-order valence-corrected chi connectivity index (χ0v) is 16.9. The SMILES string of the molecule is CN(C)C1CCN(c2ccc3nc(-c4cc5cn(C)nc5cc4O)ccc3n2)C1. The van der Waals surface area contributed by atoms with Crippen molar-refractivity contribution in [2.75, 3.05) is 32.1 Å². The number of hydrogen-bond acceptors (Lipinski definition) is 6. The molecule has 0 bridgehead atoms. The molecule has 1 atom stereocenters. The Morgan fingerprint density at radius 2 is 1.83 bits per heavy atom. The highest BCUT2D eigenvalue weighted by Crippen LogP contribution is 2.33. The van der Waals surface area contributed by atoms with Crippen LogP contribution in [0.25, 0.3) is 33.2 Å². The summed E-state index contributed by atoms with van der Waals surface area (Å²) >= 11 is 0. The maximum absolute atomic E-state index is 10.5. The average molecular weight is 388 g/mol. The third-order valence-corrected chi connectivity index (χ3v) is 5.76. The minimum atomic E-state index is 0.180. The van der Waals surface area contributed by atoms with Gasteiger partial charge in [0.2, 0.25) is 0 Å². The number of hydrogen-bond donors (Lipinski definition) is 1. The molecule has 148 valence electrons. The third-order valence-electron chi connectivity index (χ3n) is 5.76. The van der Waals surface area contributed by atoms with E-state index in [-0.39, 0.29) is 5.75 Å². The average Bonchev–Trinajstić information content (AvgIpc) is 3.32. The van der Waals surface area contributed by atoms with Crippen LogP contribution in [0.15, 0.2) is 42.6 Å². The van der Waals surface area contributed by atoms with Gasteiger partial charge in [-0.2, -0.15) is 5.10 Å². The van der Waals surface area contributed by atoms with Gasteiger partial charge in [-0.15, -0.1) is 0 Å². The first kappa shape index (κ1) is 17.9. The van der Waals surface area contributed by atoms with Gasteiger partial charge in [-0.3, -0.25) is 4.68 Å². The number of aryl methyl sites for hydroxylation is 1. The molecule has 29 heavy (non-hydrogen) atoms. The van der Waals surface area contributed by atoms with Gasteiger partial charge in [-0.25, -0.2) is 9.97 Å². The van der Waals surface area contributed by atoms with Crippen LogP contribution in [0.3, 0.4) is 0 Å². The van der Waals surface area contributed by atoms with Crippen molar-refractivity contribution in [2.24, 2.45) is 7.05 Å². The molecule has 7 heteroatoms. The standard InChI is InChI=1S/C22H24N6O/c1-26(2)15-8-9-28(13-15)22-7-6-18-19(24-22)5-4-17(23-18)16-10-14-12-27(3)25-20(14)11-21(16)29/h4-7,10-12,15,29H,8-9,13H2,1-3H3. The van der Waals surface area contributed by atoms with Crippen LogP contribution >= 0.6 is 0 Å². The quantitative estimate of drug-likeness (QED) is 0.582. The molecule has 1 saturated heterocycles. The molecule has 1 unspecified atom stereocenters. The van der Waals surface area contributed by atoms with Crippen molar-refractivity contribution in [1.29, 1.82) is 0 Å². The fourth-order valence-corrected chi connectivity index (χ4v) is 4.09. The number of aromatic hydroxyl groups is 1. The van der Waals surface area contributed by atoms with Crippen molar-refractivity contribution in [2.45, 2.75) is 12.5 Å². The van der Waals surface area contributed by atoms with Crippen LogP contribution in [0, 0.1) is 0 Å². The van der Waals surface area contributed by atoms with E-state index in [0.717, 1.165) is 53.0 Å². The largest absolute Gasteiger partial charge is 0.507 e. The molecule has 0 spiro atoms. The lowest BCUT2D eigenvalue weighted by molar-refractivity contribution is 0.315. The first-order valence-electron chi connectivity index (χ1n) is 9.84. The summed E-state index contributed by atoms with van der Waals surface area (Å²) in [6.07, 6.45) is 3.09. The van der Waals surface area contributed by atoms with Gasteiger partial charge in [-0.05, 0) is 50.8 Å². The highest BCUT2D eigenvalue weighted by atomic mass is 16.3. The van der Waals surface area contributed by atoms with E-state index in [2.05, 4.69) is 29.0 Å². The molecule has 4 aromatic rings. The summed E-state index contributed by atoms with van der Waals surface area (Å²) in [5.74, 6) is 1.18. The molecule has 5 rings (SSSR count). The van der Waals surface area contributed by atoms with Crippen LogP contribution in [0.2, 0.25) is 0 Å². The number of likely N-dealkylation sites (N-methyl/N-ethyl adjacent to an activating group) is 1. The highest BCUT2D eigenvalue weighted by Gasteiger charge is 2.25. The van der Waals surface area contributed by atoms with E-state index in [1.165, 1.54) is 0 Å². The highest BCUT2D eigenvalue weighted by molar-refractivity contribution is 5.88. The number of fused-ring (bicyclic) bond motifs is 2. The molecule has 1 aliphatic rings. The number of benzene rings is 1. The molecule has 3 aromatic heterocycles. The van der Waals surface area contributed by atoms with Gasteiger partial charge in [0.25, 0.3) is 0 Å². The molecule has 1 aromatic carbocycles. The summed E-state index contributed by atoms with van der Waals surface area (Å²) in [4.78, 5) is 14.2. The Hall–Kier alpha value is -3.19. The lowest BCUT2D eigenvalue weighted by Gasteiger charge is -2.21. The Morgan fingerprint density at radius 3 is 2.62 bits per heavy atom. The van der Waals surface area contributed by atoms with Gasteiger partial charge in [0, 0.05) is 49.4 Å². The maximum atomic E-state index is 10.5. The summed E-state index contributed by atoms with van der Waals surface area (Å²) in [6, 6.07) is 12.1. The van der Waals surface area contributed by atoms with Crippen LogP contribution in [-0.2, 0) is 7.05 Å². The molecule has 1 fully saturated rings. The summed E-state index contributed by atoms with van der Waals surface area (Å²) in [6.45, 7) is 2.02. The predicted octanol–water partition coefficient (Wildman–Crippen LogP) is 3.03. The lowest BCUT2D eigenvalue weighted by atomic mass is 10.1. The molecular formula is C22H24N6O. The predicted molar refractivity (Wildman–Crippen MR) is 115 cm³/mol. The van der Waals surface area contributed by atoms with E-state index in [1.807, 2.05) is 43.6 Å². The number of anilines is 1. The zero-order chi connectivity index (χ0) is 20.1. The van der Waals surface area contributed by atoms with Gasteiger partial charge in [0.15, 0.2) is 0 Å². The van der Waals surface area contributed by atoms with Crippen LogP contribution in [0.5, 0.6) is 5.75 Å². The molecule has 0 saturated carbocycles. The fraction of sp³-hybridized carbons (Fsp3) is 0.318. The Labute approximate surface area is 169 Å². The van der Waals surface area contributed by atoms with E-state index < -0.39 is 0 Å². The molecule has 1 aliphatic heterocycles. The lowest BCUT2D eigenvalue weighted by Crippen LogP contribution is -2.31. The van der Waals surface area contributed by atoms with Crippen LogP contribution < -0.4 is 4.90 Å². The Morgan fingerprint density at radius 1 is 1.03 bits per heavy atom. The van der Waals surface area contributed by atoms with E-state index in [9.17, 15) is 5.11 Å². The topological polar surface area (TPSA) is 70.3 Å². The first-order chi connectivity index (χ1) is 14.0. The summed E-state index contributed by atoms with van der Waals surface area (Å²) in [5, 5.41) is 15.8. The molecule has 1 N–H and O–H groups in total. The van der Waals surface area contributed by atoms with Crippen LogP contribution in [-0.4, -0.2) is 63.0 Å². The van der Waals surface area contributed by atoms with Gasteiger partial charge < -0.3 is 14.9 Å². The third kappa shape index (κ3) is 3.17. The minimum absolute atomic E-state index is 0.180. The summed E-state index contributed by atoms with van der Waals surface area (Å²) in [5.41, 5.74) is 3.87. The second-order valence-electron chi connectivity index (χ2n) is 7.99. The van der Waals surface area contributed by atoms with Gasteiger partial charge in [-0.1, -0.05) is 0 Å². The van der Waals surface area contributed by atoms with Crippen molar-refractivity contribution in [3.8, 4) is 17.0 Å². The first-order valence-corrected chi connectivity index (χ1v) is 9.84. The second-order valence-corrected chi connectivity index (χ2v) is 7.99.